The first kappa shape index (κ1) is 17.0. The van der Waals surface area contributed by atoms with Crippen LogP contribution in [-0.4, -0.2) is 42.3 Å². The number of nitrogens with one attached hydrogen (secondary N) is 1. The van der Waals surface area contributed by atoms with Gasteiger partial charge in [0.15, 0.2) is 4.47 Å². The van der Waals surface area contributed by atoms with Gasteiger partial charge in [-0.05, 0) is 12.1 Å². The molecular weight excluding hydrogens is 371 g/mol. The average molecular weight is 385 g/mol. The maximum Gasteiger partial charge on any atom is 0.257 e. The molecule has 9 heteroatoms. The fourth-order valence-corrected chi connectivity index (χ4v) is 4.28. The zero-order valence-corrected chi connectivity index (χ0v) is 15.2. The maximum absolute atomic E-state index is 12.7. The lowest BCUT2D eigenvalue weighted by Crippen LogP contribution is -2.50. The molecule has 1 aliphatic rings. The minimum Gasteiger partial charge on any atom is -0.358 e. The molecule has 2 amide bonds. The van der Waals surface area contributed by atoms with Crippen LogP contribution in [0.4, 0.5) is 5.69 Å². The summed E-state index contributed by atoms with van der Waals surface area (Å²) >= 11 is 13.4. The molecule has 0 fully saturated rings. The molecule has 0 radical (unpaired) electrons. The van der Waals surface area contributed by atoms with Crippen LogP contribution in [0.25, 0.3) is 0 Å². The predicted octanol–water partition coefficient (Wildman–Crippen LogP) is 2.79. The first-order valence-electron chi connectivity index (χ1n) is 7.09. The first-order chi connectivity index (χ1) is 11.4. The lowest BCUT2D eigenvalue weighted by Gasteiger charge is -2.43. The highest BCUT2D eigenvalue weighted by Gasteiger charge is 2.39. The molecule has 0 bridgehead atoms. The van der Waals surface area contributed by atoms with E-state index in [1.807, 2.05) is 17.0 Å². The Morgan fingerprint density at radius 2 is 2.08 bits per heavy atom. The van der Waals surface area contributed by atoms with Crippen LogP contribution < -0.4 is 10.2 Å². The number of likely N-dealkylation sites (N-methyl/N-ethyl adjacent to an activating group) is 1. The summed E-state index contributed by atoms with van der Waals surface area (Å²) in [5.74, 6) is -0.325. The van der Waals surface area contributed by atoms with E-state index in [1.54, 1.807) is 31.1 Å². The number of hydrogen-bond acceptors (Lipinski definition) is 5. The van der Waals surface area contributed by atoms with Crippen molar-refractivity contribution in [3.05, 3.63) is 44.3 Å². The number of amides is 2. The molecule has 1 aromatic heterocycles. The molecule has 1 atom stereocenters. The van der Waals surface area contributed by atoms with E-state index in [2.05, 4.69) is 10.3 Å². The Kier molecular flexibility index (Phi) is 4.67. The molecule has 6 nitrogen and oxygen atoms in total. The van der Waals surface area contributed by atoms with Gasteiger partial charge in [-0.1, -0.05) is 35.3 Å². The van der Waals surface area contributed by atoms with E-state index >= 15 is 0 Å². The van der Waals surface area contributed by atoms with E-state index in [0.717, 1.165) is 0 Å². The standard InChI is InChI=1S/C15H14Cl2N4O2S/c1-18-10(22)7-21-9-6-4-3-5-8(9)14(23)20(2)13(21)11-12(16)19-15(17)24-11/h3-6,13H,7H2,1-2H3,(H,18,22)/t13-/m0/s1. The summed E-state index contributed by atoms with van der Waals surface area (Å²) < 4.78 is 0.287. The monoisotopic (exact) mass is 384 g/mol. The molecule has 24 heavy (non-hydrogen) atoms. The summed E-state index contributed by atoms with van der Waals surface area (Å²) in [6.45, 7) is 0.0711. The number of halogens is 2. The second-order valence-corrected chi connectivity index (χ2v) is 7.20. The smallest absolute Gasteiger partial charge is 0.257 e. The average Bonchev–Trinajstić information content (AvgIpc) is 2.90. The molecule has 2 aromatic rings. The number of anilines is 1. The number of aromatic nitrogens is 1. The van der Waals surface area contributed by atoms with Crippen LogP contribution in [0, 0.1) is 0 Å². The van der Waals surface area contributed by atoms with Gasteiger partial charge >= 0.3 is 0 Å². The van der Waals surface area contributed by atoms with Crippen molar-refractivity contribution in [2.75, 3.05) is 25.5 Å². The number of thiazole rings is 1. The van der Waals surface area contributed by atoms with Gasteiger partial charge in [0.05, 0.1) is 22.7 Å². The third kappa shape index (κ3) is 2.83. The second-order valence-electron chi connectivity index (χ2n) is 5.23. The van der Waals surface area contributed by atoms with Crippen molar-refractivity contribution in [3.8, 4) is 0 Å². The van der Waals surface area contributed by atoms with E-state index in [1.165, 1.54) is 11.3 Å². The third-order valence-corrected chi connectivity index (χ3v) is 5.44. The van der Waals surface area contributed by atoms with Crippen LogP contribution in [0.1, 0.15) is 21.4 Å². The van der Waals surface area contributed by atoms with Crippen LogP contribution >= 0.6 is 34.5 Å². The van der Waals surface area contributed by atoms with Gasteiger partial charge in [-0.15, -0.1) is 11.3 Å². The molecule has 2 heterocycles. The van der Waals surface area contributed by atoms with Gasteiger partial charge in [-0.2, -0.15) is 0 Å². The minimum absolute atomic E-state index is 0.0711. The minimum atomic E-state index is -0.554. The number of carbonyl (C=O) groups excluding carboxylic acids is 2. The Labute approximate surface area is 153 Å². The Morgan fingerprint density at radius 3 is 2.71 bits per heavy atom. The van der Waals surface area contributed by atoms with Crippen LogP contribution in [0.3, 0.4) is 0 Å². The van der Waals surface area contributed by atoms with Crippen molar-refractivity contribution < 1.29 is 9.59 Å². The first-order valence-corrected chi connectivity index (χ1v) is 8.66. The van der Waals surface area contributed by atoms with Gasteiger partial charge in [0, 0.05) is 14.1 Å². The lowest BCUT2D eigenvalue weighted by molar-refractivity contribution is -0.119. The molecule has 126 valence electrons. The lowest BCUT2D eigenvalue weighted by atomic mass is 10.1. The van der Waals surface area contributed by atoms with Crippen molar-refractivity contribution in [3.63, 3.8) is 0 Å². The van der Waals surface area contributed by atoms with Crippen molar-refractivity contribution in [2.24, 2.45) is 0 Å². The Morgan fingerprint density at radius 1 is 1.38 bits per heavy atom. The van der Waals surface area contributed by atoms with Gasteiger partial charge in [0.1, 0.15) is 11.3 Å². The van der Waals surface area contributed by atoms with Crippen molar-refractivity contribution in [2.45, 2.75) is 6.17 Å². The molecule has 1 aliphatic heterocycles. The molecule has 0 unspecified atom stereocenters. The fraction of sp³-hybridized carbons (Fsp3) is 0.267. The van der Waals surface area contributed by atoms with Crippen LogP contribution in [-0.2, 0) is 4.79 Å². The number of hydrogen-bond donors (Lipinski definition) is 1. The Bertz CT molecular complexity index is 811. The molecular formula is C15H14Cl2N4O2S. The van der Waals surface area contributed by atoms with Gasteiger partial charge < -0.3 is 15.1 Å². The largest absolute Gasteiger partial charge is 0.358 e. The number of carbonyl (C=O) groups is 2. The van der Waals surface area contributed by atoms with Gasteiger partial charge in [-0.3, -0.25) is 9.59 Å². The molecule has 0 saturated carbocycles. The Hall–Kier alpha value is -1.83. The molecule has 0 aliphatic carbocycles. The SMILES string of the molecule is CNC(=O)CN1c2ccccc2C(=O)N(C)[C@@H]1c1sc(Cl)nc1Cl. The normalized spacial score (nSPS) is 17.0. The topological polar surface area (TPSA) is 65.5 Å². The summed E-state index contributed by atoms with van der Waals surface area (Å²) in [5, 5.41) is 2.84. The fourth-order valence-electron chi connectivity index (χ4n) is 2.72. The molecule has 3 rings (SSSR count). The highest BCUT2D eigenvalue weighted by Crippen LogP contribution is 2.42. The van der Waals surface area contributed by atoms with E-state index < -0.39 is 6.17 Å². The van der Waals surface area contributed by atoms with E-state index in [0.29, 0.717) is 16.1 Å². The summed E-state index contributed by atoms with van der Waals surface area (Å²) in [5.41, 5.74) is 1.21. The number of nitrogens with zero attached hydrogens (tertiary/aromatic N) is 3. The molecule has 0 spiro atoms. The zero-order chi connectivity index (χ0) is 17.4. The highest BCUT2D eigenvalue weighted by atomic mass is 35.5. The van der Waals surface area contributed by atoms with Gasteiger partial charge in [0.25, 0.3) is 5.91 Å². The van der Waals surface area contributed by atoms with Gasteiger partial charge in [0.2, 0.25) is 5.91 Å². The van der Waals surface area contributed by atoms with E-state index in [4.69, 9.17) is 23.2 Å². The van der Waals surface area contributed by atoms with Crippen molar-refractivity contribution in [1.29, 1.82) is 0 Å². The number of fused-ring (bicyclic) bond motifs is 1. The van der Waals surface area contributed by atoms with E-state index in [9.17, 15) is 9.59 Å². The van der Waals surface area contributed by atoms with Crippen molar-refractivity contribution in [1.82, 2.24) is 15.2 Å². The summed E-state index contributed by atoms with van der Waals surface area (Å²) in [6, 6.07) is 7.17. The Balaban J connectivity index is 2.16. The van der Waals surface area contributed by atoms with E-state index in [-0.39, 0.29) is 28.0 Å². The molecule has 1 N–H and O–H groups in total. The van der Waals surface area contributed by atoms with Crippen molar-refractivity contribution >= 4 is 52.0 Å². The highest BCUT2D eigenvalue weighted by molar-refractivity contribution is 7.16. The predicted molar refractivity (Wildman–Crippen MR) is 94.8 cm³/mol. The van der Waals surface area contributed by atoms with Gasteiger partial charge in [-0.25, -0.2) is 4.98 Å². The van der Waals surface area contributed by atoms with Crippen LogP contribution in [0.5, 0.6) is 0 Å². The summed E-state index contributed by atoms with van der Waals surface area (Å²) in [4.78, 5) is 32.8. The van der Waals surface area contributed by atoms with Crippen LogP contribution in [0.15, 0.2) is 24.3 Å². The second kappa shape index (κ2) is 6.58. The zero-order valence-electron chi connectivity index (χ0n) is 12.9. The number of para-hydroxylation sites is 1. The summed E-state index contributed by atoms with van der Waals surface area (Å²) in [6.07, 6.45) is -0.554. The molecule has 0 saturated heterocycles. The quantitative estimate of drug-likeness (QED) is 0.883. The number of rotatable bonds is 3. The third-order valence-electron chi connectivity index (χ3n) is 3.84. The maximum atomic E-state index is 12.7. The van der Waals surface area contributed by atoms with Crippen LogP contribution in [0.2, 0.25) is 9.62 Å². The summed E-state index contributed by atoms with van der Waals surface area (Å²) in [7, 11) is 3.24. The molecule has 1 aromatic carbocycles. The number of benzene rings is 1.